The number of rotatable bonds is 4. The van der Waals surface area contributed by atoms with E-state index >= 15 is 0 Å². The second kappa shape index (κ2) is 5.92. The molecule has 0 bridgehead atoms. The Kier molecular flexibility index (Phi) is 4.43. The minimum atomic E-state index is -0.0552. The van der Waals surface area contributed by atoms with Crippen LogP contribution in [-0.2, 0) is 4.74 Å². The molecule has 1 aliphatic heterocycles. The molecule has 1 atom stereocenters. The van der Waals surface area contributed by atoms with Gasteiger partial charge in [0, 0.05) is 24.4 Å². The van der Waals surface area contributed by atoms with Gasteiger partial charge in [-0.05, 0) is 45.2 Å². The van der Waals surface area contributed by atoms with Gasteiger partial charge in [0.25, 0.3) is 0 Å². The fraction of sp³-hybridized carbons (Fsp3) is 0.625. The van der Waals surface area contributed by atoms with Crippen LogP contribution in [0.15, 0.2) is 12.1 Å². The number of anilines is 1. The predicted octanol–water partition coefficient (Wildman–Crippen LogP) is 3.38. The van der Waals surface area contributed by atoms with Gasteiger partial charge in [-0.2, -0.15) is 0 Å². The SMILES string of the molecule is COc1cc(C)c(NC2CCOC(C)(C)C2)cc1OC. The number of benzene rings is 1. The molecule has 0 aromatic heterocycles. The first-order valence-corrected chi connectivity index (χ1v) is 7.08. The molecule has 1 fully saturated rings. The maximum atomic E-state index is 5.76. The maximum Gasteiger partial charge on any atom is 0.162 e. The summed E-state index contributed by atoms with van der Waals surface area (Å²) in [6.07, 6.45) is 2.03. The third-order valence-corrected chi connectivity index (χ3v) is 3.79. The minimum absolute atomic E-state index is 0.0552. The molecular weight excluding hydrogens is 254 g/mol. The van der Waals surface area contributed by atoms with Gasteiger partial charge in [-0.25, -0.2) is 0 Å². The summed E-state index contributed by atoms with van der Waals surface area (Å²) in [5.74, 6) is 1.52. The van der Waals surface area contributed by atoms with Crippen LogP contribution >= 0.6 is 0 Å². The molecule has 4 nitrogen and oxygen atoms in total. The Morgan fingerprint density at radius 3 is 2.45 bits per heavy atom. The van der Waals surface area contributed by atoms with Crippen LogP contribution in [0.2, 0.25) is 0 Å². The summed E-state index contributed by atoms with van der Waals surface area (Å²) in [6.45, 7) is 7.16. The van der Waals surface area contributed by atoms with Gasteiger partial charge in [0.2, 0.25) is 0 Å². The molecule has 0 amide bonds. The topological polar surface area (TPSA) is 39.7 Å². The van der Waals surface area contributed by atoms with Crippen molar-refractivity contribution < 1.29 is 14.2 Å². The van der Waals surface area contributed by atoms with E-state index in [0.717, 1.165) is 42.2 Å². The van der Waals surface area contributed by atoms with Crippen molar-refractivity contribution in [2.75, 3.05) is 26.1 Å². The van der Waals surface area contributed by atoms with E-state index in [1.807, 2.05) is 12.1 Å². The van der Waals surface area contributed by atoms with E-state index in [1.54, 1.807) is 14.2 Å². The van der Waals surface area contributed by atoms with Gasteiger partial charge in [-0.15, -0.1) is 0 Å². The second-order valence-corrected chi connectivity index (χ2v) is 5.96. The number of aryl methyl sites for hydroxylation is 1. The first-order valence-electron chi connectivity index (χ1n) is 7.08. The third kappa shape index (κ3) is 3.37. The van der Waals surface area contributed by atoms with Crippen LogP contribution in [0.25, 0.3) is 0 Å². The van der Waals surface area contributed by atoms with Crippen molar-refractivity contribution in [1.29, 1.82) is 0 Å². The fourth-order valence-electron chi connectivity index (χ4n) is 2.71. The van der Waals surface area contributed by atoms with E-state index in [0.29, 0.717) is 6.04 Å². The highest BCUT2D eigenvalue weighted by Crippen LogP contribution is 2.34. The van der Waals surface area contributed by atoms with Gasteiger partial charge in [0.15, 0.2) is 11.5 Å². The molecule has 0 radical (unpaired) electrons. The van der Waals surface area contributed by atoms with Crippen LogP contribution in [0.4, 0.5) is 5.69 Å². The standard InChI is InChI=1S/C16H25NO3/c1-11-8-14(18-4)15(19-5)9-13(11)17-12-6-7-20-16(2,3)10-12/h8-9,12,17H,6-7,10H2,1-5H3. The van der Waals surface area contributed by atoms with Crippen molar-refractivity contribution in [1.82, 2.24) is 0 Å². The van der Waals surface area contributed by atoms with Crippen LogP contribution in [0.3, 0.4) is 0 Å². The number of hydrogen-bond acceptors (Lipinski definition) is 4. The summed E-state index contributed by atoms with van der Waals surface area (Å²) in [5.41, 5.74) is 2.21. The summed E-state index contributed by atoms with van der Waals surface area (Å²) in [6, 6.07) is 4.44. The molecule has 4 heteroatoms. The average molecular weight is 279 g/mol. The molecule has 0 spiro atoms. The predicted molar refractivity (Wildman–Crippen MR) is 81.0 cm³/mol. The molecular formula is C16H25NO3. The molecule has 20 heavy (non-hydrogen) atoms. The monoisotopic (exact) mass is 279 g/mol. The summed E-state index contributed by atoms with van der Waals surface area (Å²) < 4.78 is 16.5. The zero-order valence-electron chi connectivity index (χ0n) is 13.1. The maximum absolute atomic E-state index is 5.76. The smallest absolute Gasteiger partial charge is 0.162 e. The normalized spacial score (nSPS) is 21.4. The Bertz CT molecular complexity index is 471. The van der Waals surface area contributed by atoms with Gasteiger partial charge in [0.05, 0.1) is 19.8 Å². The Balaban J connectivity index is 2.16. The summed E-state index contributed by atoms with van der Waals surface area (Å²) >= 11 is 0. The van der Waals surface area contributed by atoms with Crippen molar-refractivity contribution in [3.05, 3.63) is 17.7 Å². The molecule has 112 valence electrons. The summed E-state index contributed by atoms with van der Waals surface area (Å²) in [5, 5.41) is 3.62. The molecule has 1 unspecified atom stereocenters. The van der Waals surface area contributed by atoms with Crippen LogP contribution in [0, 0.1) is 6.92 Å². The highest BCUT2D eigenvalue weighted by molar-refractivity contribution is 5.60. The van der Waals surface area contributed by atoms with Gasteiger partial charge >= 0.3 is 0 Å². The average Bonchev–Trinajstić information content (AvgIpc) is 2.39. The molecule has 2 rings (SSSR count). The third-order valence-electron chi connectivity index (χ3n) is 3.79. The number of ether oxygens (including phenoxy) is 3. The largest absolute Gasteiger partial charge is 0.493 e. The summed E-state index contributed by atoms with van der Waals surface area (Å²) in [4.78, 5) is 0. The van der Waals surface area contributed by atoms with Crippen LogP contribution < -0.4 is 14.8 Å². The van der Waals surface area contributed by atoms with E-state index < -0.39 is 0 Å². The molecule has 1 heterocycles. The second-order valence-electron chi connectivity index (χ2n) is 5.96. The lowest BCUT2D eigenvalue weighted by Crippen LogP contribution is -2.40. The molecule has 1 N–H and O–H groups in total. The van der Waals surface area contributed by atoms with Gasteiger partial charge < -0.3 is 19.5 Å². The number of nitrogens with one attached hydrogen (secondary N) is 1. The van der Waals surface area contributed by atoms with E-state index in [-0.39, 0.29) is 5.60 Å². The highest BCUT2D eigenvalue weighted by Gasteiger charge is 2.29. The molecule has 1 saturated heterocycles. The Labute approximate surface area is 121 Å². The molecule has 1 aliphatic rings. The van der Waals surface area contributed by atoms with Crippen molar-refractivity contribution in [3.63, 3.8) is 0 Å². The Morgan fingerprint density at radius 2 is 1.85 bits per heavy atom. The Morgan fingerprint density at radius 1 is 1.20 bits per heavy atom. The summed E-state index contributed by atoms with van der Waals surface area (Å²) in [7, 11) is 3.32. The molecule has 0 saturated carbocycles. The zero-order valence-corrected chi connectivity index (χ0v) is 13.1. The first-order chi connectivity index (χ1) is 9.45. The Hall–Kier alpha value is -1.42. The quantitative estimate of drug-likeness (QED) is 0.917. The van der Waals surface area contributed by atoms with Crippen LogP contribution in [0.5, 0.6) is 11.5 Å². The highest BCUT2D eigenvalue weighted by atomic mass is 16.5. The van der Waals surface area contributed by atoms with E-state index in [2.05, 4.69) is 26.1 Å². The first kappa shape index (κ1) is 15.0. The van der Waals surface area contributed by atoms with E-state index in [4.69, 9.17) is 14.2 Å². The number of hydrogen-bond donors (Lipinski definition) is 1. The van der Waals surface area contributed by atoms with Gasteiger partial charge in [-0.3, -0.25) is 0 Å². The lowest BCUT2D eigenvalue weighted by molar-refractivity contribution is -0.0553. The minimum Gasteiger partial charge on any atom is -0.493 e. The van der Waals surface area contributed by atoms with Crippen molar-refractivity contribution in [2.24, 2.45) is 0 Å². The lowest BCUT2D eigenvalue weighted by Gasteiger charge is -2.36. The zero-order chi connectivity index (χ0) is 14.8. The molecule has 0 aliphatic carbocycles. The van der Waals surface area contributed by atoms with Crippen LogP contribution in [-0.4, -0.2) is 32.5 Å². The van der Waals surface area contributed by atoms with Crippen LogP contribution in [0.1, 0.15) is 32.3 Å². The van der Waals surface area contributed by atoms with Crippen molar-refractivity contribution >= 4 is 5.69 Å². The van der Waals surface area contributed by atoms with Gasteiger partial charge in [-0.1, -0.05) is 0 Å². The van der Waals surface area contributed by atoms with E-state index in [1.165, 1.54) is 0 Å². The molecule has 1 aromatic carbocycles. The van der Waals surface area contributed by atoms with Crippen molar-refractivity contribution in [3.8, 4) is 11.5 Å². The molecule has 1 aromatic rings. The van der Waals surface area contributed by atoms with Gasteiger partial charge in [0.1, 0.15) is 0 Å². The van der Waals surface area contributed by atoms with Crippen molar-refractivity contribution in [2.45, 2.75) is 45.3 Å². The number of methoxy groups -OCH3 is 2. The lowest BCUT2D eigenvalue weighted by atomic mass is 9.93. The fourth-order valence-corrected chi connectivity index (χ4v) is 2.71. The van der Waals surface area contributed by atoms with E-state index in [9.17, 15) is 0 Å².